The highest BCUT2D eigenvalue weighted by atomic mass is 79.9. The fourth-order valence-electron chi connectivity index (χ4n) is 1.88. The number of hydrogen-bond acceptors (Lipinski definition) is 3. The van der Waals surface area contributed by atoms with Gasteiger partial charge in [-0.1, -0.05) is 39.7 Å². The van der Waals surface area contributed by atoms with Crippen molar-refractivity contribution in [2.45, 2.75) is 19.6 Å². The number of rotatable bonds is 6. The van der Waals surface area contributed by atoms with Crippen LogP contribution >= 0.6 is 27.5 Å². The molecule has 1 N–H and O–H groups in total. The second-order valence-electron chi connectivity index (χ2n) is 4.92. The summed E-state index contributed by atoms with van der Waals surface area (Å²) < 4.78 is 11.6. The largest absolute Gasteiger partial charge is 0.497 e. The van der Waals surface area contributed by atoms with Crippen molar-refractivity contribution in [1.29, 1.82) is 0 Å². The molecule has 6 heteroatoms. The van der Waals surface area contributed by atoms with Gasteiger partial charge in [-0.3, -0.25) is 4.79 Å². The molecule has 0 aliphatic rings. The van der Waals surface area contributed by atoms with Gasteiger partial charge in [0.15, 0.2) is 0 Å². The summed E-state index contributed by atoms with van der Waals surface area (Å²) in [6.07, 6.45) is -0.610. The molecule has 1 unspecified atom stereocenters. The summed E-state index contributed by atoms with van der Waals surface area (Å²) in [5.74, 6) is 0.502. The average molecular weight is 399 g/mol. The van der Waals surface area contributed by atoms with E-state index in [-0.39, 0.29) is 5.91 Å². The van der Waals surface area contributed by atoms with Gasteiger partial charge in [0.2, 0.25) is 0 Å². The van der Waals surface area contributed by atoms with E-state index in [1.807, 2.05) is 30.3 Å². The number of nitrogens with one attached hydrogen (secondary N) is 1. The maximum Gasteiger partial charge on any atom is 0.253 e. The van der Waals surface area contributed by atoms with Crippen molar-refractivity contribution in [3.8, 4) is 5.75 Å². The molecule has 0 aliphatic carbocycles. The number of carbonyl (C=O) groups is 1. The summed E-state index contributed by atoms with van der Waals surface area (Å²) in [4.78, 5) is 12.2. The van der Waals surface area contributed by atoms with Crippen LogP contribution in [0.15, 0.2) is 46.9 Å². The molecule has 0 saturated heterocycles. The molecule has 4 nitrogen and oxygen atoms in total. The van der Waals surface area contributed by atoms with E-state index in [1.165, 1.54) is 0 Å². The quantitative estimate of drug-likeness (QED) is 0.770. The molecular formula is C17H17BrClNO3. The molecule has 0 fully saturated rings. The zero-order valence-corrected chi connectivity index (χ0v) is 15.1. The van der Waals surface area contributed by atoms with Gasteiger partial charge in [-0.15, -0.1) is 0 Å². The summed E-state index contributed by atoms with van der Waals surface area (Å²) in [6.45, 7) is 2.02. The fourth-order valence-corrected chi connectivity index (χ4v) is 2.61. The van der Waals surface area contributed by atoms with Crippen LogP contribution in [-0.2, 0) is 16.1 Å². The number of ether oxygens (including phenoxy) is 2. The maximum absolute atomic E-state index is 12.2. The Morgan fingerprint density at radius 3 is 2.78 bits per heavy atom. The van der Waals surface area contributed by atoms with Crippen molar-refractivity contribution in [1.82, 2.24) is 0 Å². The van der Waals surface area contributed by atoms with Crippen LogP contribution in [0.5, 0.6) is 5.75 Å². The van der Waals surface area contributed by atoms with Crippen LogP contribution in [0.1, 0.15) is 12.5 Å². The number of benzene rings is 2. The predicted octanol–water partition coefficient (Wildman–Crippen LogP) is 4.65. The van der Waals surface area contributed by atoms with Gasteiger partial charge in [-0.05, 0) is 42.8 Å². The first kappa shape index (κ1) is 17.8. The lowest BCUT2D eigenvalue weighted by atomic mass is 10.2. The highest BCUT2D eigenvalue weighted by Gasteiger charge is 2.15. The number of carbonyl (C=O) groups excluding carboxylic acids is 1. The molecule has 2 aromatic carbocycles. The second kappa shape index (κ2) is 8.34. The normalized spacial score (nSPS) is 11.8. The van der Waals surface area contributed by atoms with Crippen molar-refractivity contribution in [2.24, 2.45) is 0 Å². The van der Waals surface area contributed by atoms with Gasteiger partial charge in [0, 0.05) is 4.47 Å². The summed E-state index contributed by atoms with van der Waals surface area (Å²) in [5, 5.41) is 3.22. The molecule has 122 valence electrons. The third kappa shape index (κ3) is 5.23. The van der Waals surface area contributed by atoms with Crippen LogP contribution < -0.4 is 10.1 Å². The Balaban J connectivity index is 1.91. The number of amides is 1. The molecule has 0 heterocycles. The van der Waals surface area contributed by atoms with Gasteiger partial charge >= 0.3 is 0 Å². The minimum Gasteiger partial charge on any atom is -0.497 e. The van der Waals surface area contributed by atoms with Crippen molar-refractivity contribution in [2.75, 3.05) is 12.4 Å². The van der Waals surface area contributed by atoms with Gasteiger partial charge in [0.25, 0.3) is 5.91 Å². The van der Waals surface area contributed by atoms with Crippen LogP contribution in [0.4, 0.5) is 5.69 Å². The lowest BCUT2D eigenvalue weighted by Crippen LogP contribution is -2.27. The number of halogens is 2. The zero-order valence-electron chi connectivity index (χ0n) is 12.8. The van der Waals surface area contributed by atoms with Crippen LogP contribution in [0.2, 0.25) is 5.02 Å². The summed E-state index contributed by atoms with van der Waals surface area (Å²) in [6, 6.07) is 12.8. The van der Waals surface area contributed by atoms with Gasteiger partial charge in [-0.25, -0.2) is 0 Å². The minimum atomic E-state index is -0.610. The molecule has 0 aromatic heterocycles. The monoisotopic (exact) mass is 397 g/mol. The fraction of sp³-hybridized carbons (Fsp3) is 0.235. The van der Waals surface area contributed by atoms with Gasteiger partial charge in [-0.2, -0.15) is 0 Å². The predicted molar refractivity (Wildman–Crippen MR) is 95.0 cm³/mol. The molecule has 0 radical (unpaired) electrons. The summed E-state index contributed by atoms with van der Waals surface area (Å²) >= 11 is 9.41. The smallest absolute Gasteiger partial charge is 0.253 e. The van der Waals surface area contributed by atoms with E-state index in [4.69, 9.17) is 21.1 Å². The number of anilines is 1. The van der Waals surface area contributed by atoms with Crippen LogP contribution in [0.25, 0.3) is 0 Å². The zero-order chi connectivity index (χ0) is 16.8. The highest BCUT2D eigenvalue weighted by Crippen LogP contribution is 2.25. The SMILES string of the molecule is COc1cccc(COC(C)C(=O)Nc2ccc(Br)cc2Cl)c1. The van der Waals surface area contributed by atoms with Crippen molar-refractivity contribution >= 4 is 39.1 Å². The molecule has 1 atom stereocenters. The Labute approximate surface area is 148 Å². The Hall–Kier alpha value is -1.56. The lowest BCUT2D eigenvalue weighted by Gasteiger charge is -2.14. The highest BCUT2D eigenvalue weighted by molar-refractivity contribution is 9.10. The van der Waals surface area contributed by atoms with E-state index >= 15 is 0 Å². The molecule has 0 bridgehead atoms. The molecule has 0 aliphatic heterocycles. The van der Waals surface area contributed by atoms with E-state index in [2.05, 4.69) is 21.2 Å². The third-order valence-electron chi connectivity index (χ3n) is 3.19. The van der Waals surface area contributed by atoms with Crippen molar-refractivity contribution < 1.29 is 14.3 Å². The van der Waals surface area contributed by atoms with Crippen molar-refractivity contribution in [3.63, 3.8) is 0 Å². The second-order valence-corrected chi connectivity index (χ2v) is 6.24. The van der Waals surface area contributed by atoms with E-state index < -0.39 is 6.10 Å². The first-order valence-electron chi connectivity index (χ1n) is 7.00. The van der Waals surface area contributed by atoms with Crippen LogP contribution in [0, 0.1) is 0 Å². The lowest BCUT2D eigenvalue weighted by molar-refractivity contribution is -0.127. The first-order valence-corrected chi connectivity index (χ1v) is 8.17. The molecule has 2 aromatic rings. The van der Waals surface area contributed by atoms with E-state index in [1.54, 1.807) is 26.2 Å². The van der Waals surface area contributed by atoms with E-state index in [9.17, 15) is 4.79 Å². The standard InChI is InChI=1S/C17H17BrClNO3/c1-11(23-10-12-4-3-5-14(8-12)22-2)17(21)20-16-7-6-13(18)9-15(16)19/h3-9,11H,10H2,1-2H3,(H,20,21). The average Bonchev–Trinajstić information content (AvgIpc) is 2.55. The van der Waals surface area contributed by atoms with E-state index in [0.717, 1.165) is 15.8 Å². The summed E-state index contributed by atoms with van der Waals surface area (Å²) in [5.41, 5.74) is 1.49. The number of hydrogen-bond donors (Lipinski definition) is 1. The Kier molecular flexibility index (Phi) is 6.45. The van der Waals surface area contributed by atoms with Gasteiger partial charge in [0.1, 0.15) is 11.9 Å². The first-order chi connectivity index (χ1) is 11.0. The Morgan fingerprint density at radius 1 is 1.30 bits per heavy atom. The topological polar surface area (TPSA) is 47.6 Å². The van der Waals surface area contributed by atoms with E-state index in [0.29, 0.717) is 17.3 Å². The Bertz CT molecular complexity index is 693. The molecule has 0 spiro atoms. The van der Waals surface area contributed by atoms with Crippen LogP contribution in [-0.4, -0.2) is 19.1 Å². The van der Waals surface area contributed by atoms with Crippen LogP contribution in [0.3, 0.4) is 0 Å². The minimum absolute atomic E-state index is 0.253. The molecule has 1 amide bonds. The molecular weight excluding hydrogens is 382 g/mol. The molecule has 0 saturated carbocycles. The summed E-state index contributed by atoms with van der Waals surface area (Å²) in [7, 11) is 1.61. The maximum atomic E-state index is 12.2. The van der Waals surface area contributed by atoms with Gasteiger partial charge < -0.3 is 14.8 Å². The Morgan fingerprint density at radius 2 is 2.09 bits per heavy atom. The number of methoxy groups -OCH3 is 1. The van der Waals surface area contributed by atoms with Crippen molar-refractivity contribution in [3.05, 3.63) is 57.5 Å². The molecule has 23 heavy (non-hydrogen) atoms. The third-order valence-corrected chi connectivity index (χ3v) is 4.00. The van der Waals surface area contributed by atoms with Gasteiger partial charge in [0.05, 0.1) is 24.4 Å². The molecule has 2 rings (SSSR count).